The molecule has 0 aliphatic rings. The third-order valence-electron chi connectivity index (χ3n) is 8.69. The van der Waals surface area contributed by atoms with Gasteiger partial charge in [-0.3, -0.25) is 19.2 Å². The van der Waals surface area contributed by atoms with E-state index in [0.29, 0.717) is 22.2 Å². The second kappa shape index (κ2) is 20.1. The number of pyridine rings is 1. The van der Waals surface area contributed by atoms with Crippen molar-refractivity contribution < 1.29 is 38.5 Å². The van der Waals surface area contributed by atoms with E-state index in [4.69, 9.17) is 38.0 Å². The monoisotopic (exact) mass is 817 g/mol. The van der Waals surface area contributed by atoms with Crippen LogP contribution >= 0.6 is 23.4 Å². The number of carbonyl (C=O) groups is 4. The highest BCUT2D eigenvalue weighted by Gasteiger charge is 2.34. The lowest BCUT2D eigenvalue weighted by molar-refractivity contribution is -0.148. The summed E-state index contributed by atoms with van der Waals surface area (Å²) in [5.74, 6) is -6.58. The predicted octanol–water partition coefficient (Wildman–Crippen LogP) is 3.39. The summed E-state index contributed by atoms with van der Waals surface area (Å²) in [7, 11) is 0. The molecule has 19 heteroatoms. The molecule has 4 rings (SSSR count). The normalized spacial score (nSPS) is 13.5. The van der Waals surface area contributed by atoms with Crippen LogP contribution in [0.4, 0.5) is 5.82 Å². The van der Waals surface area contributed by atoms with Crippen LogP contribution in [0, 0.1) is 40.4 Å². The summed E-state index contributed by atoms with van der Waals surface area (Å²) in [5, 5.41) is 46.2. The Morgan fingerprint density at radius 2 is 1.49 bits per heavy atom. The van der Waals surface area contributed by atoms with Crippen LogP contribution in [-0.2, 0) is 24.9 Å². The second-order valence-electron chi connectivity index (χ2n) is 13.0. The van der Waals surface area contributed by atoms with Crippen molar-refractivity contribution in [3.05, 3.63) is 76.6 Å². The topological polar surface area (TPSA) is 307 Å². The van der Waals surface area contributed by atoms with Gasteiger partial charge in [0, 0.05) is 40.9 Å². The Labute approximate surface area is 336 Å². The molecule has 4 aromatic rings. The van der Waals surface area contributed by atoms with Gasteiger partial charge in [0.1, 0.15) is 40.6 Å². The van der Waals surface area contributed by atoms with Crippen LogP contribution in [0.5, 0.6) is 5.75 Å². The van der Waals surface area contributed by atoms with Crippen LogP contribution in [0.2, 0.25) is 5.02 Å². The quantitative estimate of drug-likeness (QED) is 0.0667. The molecule has 0 bridgehead atoms. The lowest BCUT2D eigenvalue weighted by atomic mass is 9.84. The van der Waals surface area contributed by atoms with Gasteiger partial charge in [-0.05, 0) is 62.2 Å². The summed E-state index contributed by atoms with van der Waals surface area (Å²) >= 11 is 7.16. The third kappa shape index (κ3) is 11.7. The highest BCUT2D eigenvalue weighted by molar-refractivity contribution is 7.98. The minimum atomic E-state index is -1.32. The lowest BCUT2D eigenvalue weighted by Crippen LogP contribution is -2.46. The summed E-state index contributed by atoms with van der Waals surface area (Å²) in [6.45, 7) is 1.83. The van der Waals surface area contributed by atoms with Crippen LogP contribution < -0.4 is 32.6 Å². The molecule has 2 heterocycles. The Bertz CT molecular complexity index is 2170. The van der Waals surface area contributed by atoms with Crippen molar-refractivity contribution in [1.29, 1.82) is 10.5 Å². The number of hydrogen-bond donors (Lipinski definition) is 7. The van der Waals surface area contributed by atoms with E-state index in [2.05, 4.69) is 26.7 Å². The van der Waals surface area contributed by atoms with Gasteiger partial charge >= 0.3 is 11.9 Å². The number of thioether (sulfide) groups is 1. The number of aliphatic carboxylic acids is 2. The van der Waals surface area contributed by atoms with Crippen molar-refractivity contribution in [2.45, 2.75) is 43.1 Å². The number of carboxylic acid groups (broad SMARTS) is 2. The first-order chi connectivity index (χ1) is 27.1. The fraction of sp³-hybridized carbons (Fsp3) is 0.316. The number of anilines is 1. The number of hydrogen-bond acceptors (Lipinski definition) is 14. The van der Waals surface area contributed by atoms with Gasteiger partial charge < -0.3 is 47.2 Å². The molecular formula is C38H40ClN9O8S. The number of rotatable bonds is 19. The first-order valence-electron chi connectivity index (χ1n) is 17.4. The third-order valence-corrected chi connectivity index (χ3v) is 9.95. The van der Waals surface area contributed by atoms with E-state index in [1.54, 1.807) is 36.4 Å². The first-order valence-corrected chi connectivity index (χ1v) is 18.7. The number of ether oxygens (including phenoxy) is 1. The van der Waals surface area contributed by atoms with E-state index in [9.17, 15) is 39.9 Å². The molecule has 5 atom stereocenters. The molecule has 17 nitrogen and oxygen atoms in total. The van der Waals surface area contributed by atoms with Crippen LogP contribution in [0.3, 0.4) is 0 Å². The molecule has 57 heavy (non-hydrogen) atoms. The molecule has 2 amide bonds. The summed E-state index contributed by atoms with van der Waals surface area (Å²) < 4.78 is 11.6. The fourth-order valence-corrected chi connectivity index (χ4v) is 6.55. The van der Waals surface area contributed by atoms with Crippen molar-refractivity contribution in [2.24, 2.45) is 29.2 Å². The Morgan fingerprint density at radius 1 is 0.895 bits per heavy atom. The molecule has 298 valence electrons. The highest BCUT2D eigenvalue weighted by Crippen LogP contribution is 2.37. The number of aromatic nitrogens is 2. The summed E-state index contributed by atoms with van der Waals surface area (Å²) in [5.41, 5.74) is 19.4. The molecule has 2 unspecified atom stereocenters. The Balaban J connectivity index is 1.58. The summed E-state index contributed by atoms with van der Waals surface area (Å²) in [6.07, 6.45) is 1.22. The van der Waals surface area contributed by atoms with Crippen molar-refractivity contribution in [2.75, 3.05) is 25.4 Å². The number of benzene rings is 2. The zero-order valence-corrected chi connectivity index (χ0v) is 32.3. The predicted molar refractivity (Wildman–Crippen MR) is 209 cm³/mol. The van der Waals surface area contributed by atoms with E-state index in [1.165, 1.54) is 44.0 Å². The molecule has 2 aromatic heterocycles. The van der Waals surface area contributed by atoms with E-state index in [1.807, 2.05) is 6.07 Å². The fourth-order valence-electron chi connectivity index (χ4n) is 5.55. The Kier molecular flexibility index (Phi) is 15.4. The number of halogens is 1. The van der Waals surface area contributed by atoms with Gasteiger partial charge in [-0.15, -0.1) is 0 Å². The average Bonchev–Trinajstić information content (AvgIpc) is 3.66. The smallest absolute Gasteiger partial charge is 0.308 e. The second-order valence-corrected chi connectivity index (χ2v) is 14.4. The largest absolute Gasteiger partial charge is 0.493 e. The molecular weight excluding hydrogens is 778 g/mol. The maximum atomic E-state index is 12.5. The van der Waals surface area contributed by atoms with Crippen LogP contribution in [-0.4, -0.2) is 75.7 Å². The number of carboxylic acids is 2. The maximum absolute atomic E-state index is 12.5. The number of oxazole rings is 1. The van der Waals surface area contributed by atoms with E-state index in [-0.39, 0.29) is 65.2 Å². The minimum Gasteiger partial charge on any atom is -0.493 e. The highest BCUT2D eigenvalue weighted by atomic mass is 35.5. The number of nitrogens with one attached hydrogen (secondary N) is 2. The van der Waals surface area contributed by atoms with E-state index >= 15 is 0 Å². The number of nitrogens with zero attached hydrogens (tertiary/aromatic N) is 4. The molecule has 0 radical (unpaired) electrons. The molecule has 0 saturated heterocycles. The van der Waals surface area contributed by atoms with Crippen molar-refractivity contribution >= 4 is 52.9 Å². The van der Waals surface area contributed by atoms with E-state index in [0.717, 1.165) is 5.56 Å². The molecule has 0 aliphatic carbocycles. The van der Waals surface area contributed by atoms with Crippen LogP contribution in [0.15, 0.2) is 64.2 Å². The molecule has 0 fully saturated rings. The van der Waals surface area contributed by atoms with Gasteiger partial charge in [0.2, 0.25) is 17.7 Å². The average molecular weight is 818 g/mol. The van der Waals surface area contributed by atoms with Gasteiger partial charge in [0.15, 0.2) is 0 Å². The SMILES string of the molecule is C[C@H](N)C(=O)NCC(C[C@H](COc1ccc(-c2c(C#N)c(N)nc(SCc3coc(-c4ccc(Cl)cc4)n3)c2C#N)cc1)C(CNC(=O)[C@H](C)N)C(=O)O)C(=O)O. The first kappa shape index (κ1) is 43.5. The van der Waals surface area contributed by atoms with Crippen molar-refractivity contribution in [3.8, 4) is 40.5 Å². The molecule has 2 aromatic carbocycles. The van der Waals surface area contributed by atoms with E-state index < -0.39 is 53.6 Å². The van der Waals surface area contributed by atoms with Crippen LogP contribution in [0.1, 0.15) is 37.1 Å². The zero-order valence-electron chi connectivity index (χ0n) is 30.8. The standard InChI is InChI=1S/C38H40ClN9O8S/c1-19(42)33(49)45-14-23(37(51)52)11-24(30(38(53)54)15-46-34(50)20(2)43)16-55-27-9-5-21(6-10-27)31-28(12-40)32(44)48-36(29(31)13-41)57-18-26-17-56-35(47-26)22-3-7-25(39)8-4-22/h3-10,17,19-20,23-24,30H,11,14-16,18,42-43H2,1-2H3,(H2,44,48)(H,45,49)(H,46,50)(H,51,52)(H,53,54)/t19-,20-,23?,24+,30?/m0/s1. The number of amides is 2. The number of nitrogen functional groups attached to an aromatic ring is 1. The summed E-state index contributed by atoms with van der Waals surface area (Å²) in [6, 6.07) is 15.5. The number of nitrogens with two attached hydrogens (primary N) is 3. The lowest BCUT2D eigenvalue weighted by Gasteiger charge is -2.27. The van der Waals surface area contributed by atoms with Gasteiger partial charge in [-0.2, -0.15) is 10.5 Å². The van der Waals surface area contributed by atoms with Crippen molar-refractivity contribution in [1.82, 2.24) is 20.6 Å². The molecule has 0 spiro atoms. The molecule has 10 N–H and O–H groups in total. The summed E-state index contributed by atoms with van der Waals surface area (Å²) in [4.78, 5) is 57.8. The zero-order chi connectivity index (χ0) is 41.8. The van der Waals surface area contributed by atoms with Crippen molar-refractivity contribution in [3.63, 3.8) is 0 Å². The number of carbonyl (C=O) groups excluding carboxylic acids is 2. The minimum absolute atomic E-state index is 0.0231. The Hall–Kier alpha value is -6.18. The maximum Gasteiger partial charge on any atom is 0.308 e. The molecule has 0 saturated carbocycles. The van der Waals surface area contributed by atoms with Gasteiger partial charge in [-0.1, -0.05) is 35.5 Å². The van der Waals surface area contributed by atoms with Crippen LogP contribution in [0.25, 0.3) is 22.6 Å². The molecule has 0 aliphatic heterocycles. The Morgan fingerprint density at radius 3 is 2.05 bits per heavy atom. The van der Waals surface area contributed by atoms with Gasteiger partial charge in [0.05, 0.1) is 41.8 Å². The van der Waals surface area contributed by atoms with Gasteiger partial charge in [-0.25, -0.2) is 9.97 Å². The van der Waals surface area contributed by atoms with Gasteiger partial charge in [0.25, 0.3) is 0 Å². The number of nitriles is 2.